The highest BCUT2D eigenvalue weighted by molar-refractivity contribution is 6.31. The van der Waals surface area contributed by atoms with Crippen molar-refractivity contribution >= 4 is 23.2 Å². The molecule has 0 aromatic heterocycles. The monoisotopic (exact) mass is 303 g/mol. The molecule has 21 heavy (non-hydrogen) atoms. The van der Waals surface area contributed by atoms with Gasteiger partial charge in [0.2, 0.25) is 0 Å². The Labute approximate surface area is 126 Å². The molecule has 0 atom stereocenters. The fraction of sp³-hybridized carbons (Fsp3) is 0.0625. The SMILES string of the molecule is O=C(Nc1cccc(Cl)c1F)c1cccc(C#CCO)c1. The molecular weight excluding hydrogens is 293 g/mol. The van der Waals surface area contributed by atoms with Crippen molar-refractivity contribution in [2.24, 2.45) is 0 Å². The molecule has 2 rings (SSSR count). The molecule has 0 aliphatic heterocycles. The average Bonchev–Trinajstić information content (AvgIpc) is 2.50. The molecule has 1 amide bonds. The number of halogens is 2. The lowest BCUT2D eigenvalue weighted by Gasteiger charge is -2.07. The Morgan fingerprint density at radius 3 is 2.81 bits per heavy atom. The Bertz CT molecular complexity index is 735. The molecule has 0 aliphatic carbocycles. The number of aliphatic hydroxyl groups excluding tert-OH is 1. The Balaban J connectivity index is 2.22. The van der Waals surface area contributed by atoms with Crippen LogP contribution in [0.3, 0.4) is 0 Å². The zero-order valence-corrected chi connectivity index (χ0v) is 11.6. The van der Waals surface area contributed by atoms with Crippen molar-refractivity contribution in [2.75, 3.05) is 11.9 Å². The van der Waals surface area contributed by atoms with Crippen molar-refractivity contribution in [1.29, 1.82) is 0 Å². The summed E-state index contributed by atoms with van der Waals surface area (Å²) in [4.78, 5) is 12.1. The molecule has 0 aliphatic rings. The number of hydrogen-bond donors (Lipinski definition) is 2. The molecule has 0 fully saturated rings. The van der Waals surface area contributed by atoms with Crippen molar-refractivity contribution in [3.63, 3.8) is 0 Å². The van der Waals surface area contributed by atoms with E-state index in [9.17, 15) is 9.18 Å². The molecular formula is C16H11ClFNO2. The van der Waals surface area contributed by atoms with Crippen molar-refractivity contribution in [3.8, 4) is 11.8 Å². The lowest BCUT2D eigenvalue weighted by molar-refractivity contribution is 0.102. The molecule has 0 saturated heterocycles. The smallest absolute Gasteiger partial charge is 0.255 e. The summed E-state index contributed by atoms with van der Waals surface area (Å²) in [7, 11) is 0. The number of aliphatic hydroxyl groups is 1. The molecule has 0 radical (unpaired) electrons. The maximum atomic E-state index is 13.7. The van der Waals surface area contributed by atoms with Gasteiger partial charge in [0.1, 0.15) is 6.61 Å². The lowest BCUT2D eigenvalue weighted by atomic mass is 10.1. The molecule has 2 aromatic rings. The van der Waals surface area contributed by atoms with E-state index in [4.69, 9.17) is 16.7 Å². The number of benzene rings is 2. The first-order chi connectivity index (χ1) is 10.1. The van der Waals surface area contributed by atoms with E-state index in [0.717, 1.165) is 0 Å². The van der Waals surface area contributed by atoms with E-state index in [1.807, 2.05) is 0 Å². The summed E-state index contributed by atoms with van der Waals surface area (Å²) in [5, 5.41) is 11.0. The standard InChI is InChI=1S/C16H11ClFNO2/c17-13-7-2-8-14(15(13)18)19-16(21)12-6-1-4-11(10-12)5-3-9-20/h1-2,4,6-8,10,20H,9H2,(H,19,21). The van der Waals surface area contributed by atoms with E-state index in [0.29, 0.717) is 11.1 Å². The van der Waals surface area contributed by atoms with Gasteiger partial charge < -0.3 is 10.4 Å². The van der Waals surface area contributed by atoms with Crippen LogP contribution in [0.15, 0.2) is 42.5 Å². The largest absolute Gasteiger partial charge is 0.384 e. The van der Waals surface area contributed by atoms with Gasteiger partial charge in [0.15, 0.2) is 5.82 Å². The second-order valence-corrected chi connectivity index (χ2v) is 4.50. The summed E-state index contributed by atoms with van der Waals surface area (Å²) in [5.41, 5.74) is 0.932. The molecule has 0 unspecified atom stereocenters. The Kier molecular flexibility index (Phi) is 4.94. The Morgan fingerprint density at radius 1 is 1.29 bits per heavy atom. The molecule has 5 heteroatoms. The van der Waals surface area contributed by atoms with Crippen LogP contribution < -0.4 is 5.32 Å². The van der Waals surface area contributed by atoms with Crippen LogP contribution in [0.1, 0.15) is 15.9 Å². The number of carbonyl (C=O) groups excluding carboxylic acids is 1. The number of hydrogen-bond acceptors (Lipinski definition) is 2. The zero-order chi connectivity index (χ0) is 15.2. The average molecular weight is 304 g/mol. The van der Waals surface area contributed by atoms with Crippen LogP contribution in [0, 0.1) is 17.7 Å². The van der Waals surface area contributed by atoms with Crippen LogP contribution in [0.25, 0.3) is 0 Å². The molecule has 0 bridgehead atoms. The topological polar surface area (TPSA) is 49.3 Å². The third kappa shape index (κ3) is 3.82. The van der Waals surface area contributed by atoms with E-state index in [-0.39, 0.29) is 17.3 Å². The normalized spacial score (nSPS) is 9.67. The molecule has 3 nitrogen and oxygen atoms in total. The van der Waals surface area contributed by atoms with Gasteiger partial charge in [-0.05, 0) is 30.3 Å². The Morgan fingerprint density at radius 2 is 2.05 bits per heavy atom. The highest BCUT2D eigenvalue weighted by atomic mass is 35.5. The van der Waals surface area contributed by atoms with E-state index >= 15 is 0 Å². The van der Waals surface area contributed by atoms with Gasteiger partial charge >= 0.3 is 0 Å². The predicted octanol–water partition coefficient (Wildman–Crippen LogP) is 3.08. The van der Waals surface area contributed by atoms with Crippen LogP contribution in [-0.4, -0.2) is 17.6 Å². The number of anilines is 1. The van der Waals surface area contributed by atoms with Gasteiger partial charge in [-0.1, -0.05) is 35.6 Å². The summed E-state index contributed by atoms with van der Waals surface area (Å²) >= 11 is 5.66. The molecule has 2 N–H and O–H groups in total. The third-order valence-electron chi connectivity index (χ3n) is 2.64. The number of nitrogens with one attached hydrogen (secondary N) is 1. The summed E-state index contributed by atoms with van der Waals surface area (Å²) < 4.78 is 13.7. The zero-order valence-electron chi connectivity index (χ0n) is 10.9. The van der Waals surface area contributed by atoms with E-state index < -0.39 is 11.7 Å². The maximum absolute atomic E-state index is 13.7. The van der Waals surface area contributed by atoms with Gasteiger partial charge in [-0.3, -0.25) is 4.79 Å². The summed E-state index contributed by atoms with van der Waals surface area (Å²) in [5.74, 6) is 4.05. The lowest BCUT2D eigenvalue weighted by Crippen LogP contribution is -2.13. The minimum absolute atomic E-state index is 0.0133. The molecule has 0 spiro atoms. The second kappa shape index (κ2) is 6.89. The van der Waals surface area contributed by atoms with E-state index in [1.54, 1.807) is 30.3 Å². The van der Waals surface area contributed by atoms with Crippen molar-refractivity contribution in [3.05, 3.63) is 64.4 Å². The van der Waals surface area contributed by atoms with Gasteiger partial charge in [-0.2, -0.15) is 0 Å². The first kappa shape index (κ1) is 15.0. The van der Waals surface area contributed by atoms with Crippen molar-refractivity contribution in [2.45, 2.75) is 0 Å². The summed E-state index contributed by atoms with van der Waals surface area (Å²) in [6.07, 6.45) is 0. The van der Waals surface area contributed by atoms with Crippen LogP contribution in [0.4, 0.5) is 10.1 Å². The third-order valence-corrected chi connectivity index (χ3v) is 2.93. The van der Waals surface area contributed by atoms with E-state index in [2.05, 4.69) is 17.2 Å². The minimum Gasteiger partial charge on any atom is -0.384 e. The highest BCUT2D eigenvalue weighted by Crippen LogP contribution is 2.22. The fourth-order valence-electron chi connectivity index (χ4n) is 1.67. The molecule has 0 heterocycles. The molecule has 0 saturated carbocycles. The van der Waals surface area contributed by atoms with Crippen LogP contribution >= 0.6 is 11.6 Å². The van der Waals surface area contributed by atoms with Gasteiger partial charge in [-0.25, -0.2) is 4.39 Å². The number of carbonyl (C=O) groups is 1. The minimum atomic E-state index is -0.677. The maximum Gasteiger partial charge on any atom is 0.255 e. The van der Waals surface area contributed by atoms with Gasteiger partial charge in [0.05, 0.1) is 10.7 Å². The quantitative estimate of drug-likeness (QED) is 0.838. The summed E-state index contributed by atoms with van der Waals surface area (Å²) in [6.45, 7) is -0.260. The number of amides is 1. The van der Waals surface area contributed by atoms with Crippen LogP contribution in [-0.2, 0) is 0 Å². The van der Waals surface area contributed by atoms with Gasteiger partial charge in [0.25, 0.3) is 5.91 Å². The van der Waals surface area contributed by atoms with E-state index in [1.165, 1.54) is 12.1 Å². The van der Waals surface area contributed by atoms with Crippen LogP contribution in [0.2, 0.25) is 5.02 Å². The first-order valence-electron chi connectivity index (χ1n) is 6.07. The van der Waals surface area contributed by atoms with Gasteiger partial charge in [0, 0.05) is 11.1 Å². The summed E-state index contributed by atoms with van der Waals surface area (Å²) in [6, 6.07) is 10.9. The van der Waals surface area contributed by atoms with Crippen molar-refractivity contribution < 1.29 is 14.3 Å². The second-order valence-electron chi connectivity index (χ2n) is 4.10. The van der Waals surface area contributed by atoms with Crippen molar-refractivity contribution in [1.82, 2.24) is 0 Å². The predicted molar refractivity (Wildman–Crippen MR) is 79.8 cm³/mol. The first-order valence-corrected chi connectivity index (χ1v) is 6.45. The Hall–Kier alpha value is -2.35. The number of rotatable bonds is 2. The fourth-order valence-corrected chi connectivity index (χ4v) is 1.85. The molecule has 106 valence electrons. The van der Waals surface area contributed by atoms with Crippen LogP contribution in [0.5, 0.6) is 0 Å². The molecule has 2 aromatic carbocycles. The highest BCUT2D eigenvalue weighted by Gasteiger charge is 2.11. The van der Waals surface area contributed by atoms with Gasteiger partial charge in [-0.15, -0.1) is 0 Å².